The van der Waals surface area contributed by atoms with Gasteiger partial charge >= 0.3 is 0 Å². The first-order chi connectivity index (χ1) is 13.1. The van der Waals surface area contributed by atoms with E-state index in [4.69, 9.17) is 4.52 Å². The van der Waals surface area contributed by atoms with Gasteiger partial charge in [-0.05, 0) is 63.2 Å². The van der Waals surface area contributed by atoms with Crippen molar-refractivity contribution in [3.63, 3.8) is 0 Å². The number of aromatic nitrogens is 2. The average molecular weight is 365 g/mol. The van der Waals surface area contributed by atoms with Crippen LogP contribution in [-0.2, 0) is 11.3 Å². The number of hydrogen-bond acceptors (Lipinski definition) is 4. The lowest BCUT2D eigenvalue weighted by molar-refractivity contribution is -0.158. The van der Waals surface area contributed by atoms with Crippen molar-refractivity contribution in [2.24, 2.45) is 23.2 Å². The van der Waals surface area contributed by atoms with Crippen molar-refractivity contribution in [3.05, 3.63) is 36.2 Å². The molecule has 6 rings (SSSR count). The van der Waals surface area contributed by atoms with Gasteiger partial charge in [0.1, 0.15) is 0 Å². The first-order valence-electron chi connectivity index (χ1n) is 10.3. The molecule has 0 unspecified atom stereocenters. The molecule has 0 atom stereocenters. The molecule has 0 radical (unpaired) electrons. The average Bonchev–Trinajstić information content (AvgIpc) is 3.14. The molecule has 2 aromatic rings. The fourth-order valence-electron chi connectivity index (χ4n) is 6.22. The zero-order valence-electron chi connectivity index (χ0n) is 15.9. The van der Waals surface area contributed by atoms with E-state index in [1.807, 2.05) is 42.2 Å². The van der Waals surface area contributed by atoms with Crippen LogP contribution in [0.5, 0.6) is 0 Å². The predicted molar refractivity (Wildman–Crippen MR) is 101 cm³/mol. The number of rotatable bonds is 5. The van der Waals surface area contributed by atoms with Crippen LogP contribution in [0.2, 0.25) is 0 Å². The van der Waals surface area contributed by atoms with Crippen LogP contribution in [0.3, 0.4) is 0 Å². The highest BCUT2D eigenvalue weighted by Gasteiger charge is 2.55. The van der Waals surface area contributed by atoms with Crippen LogP contribution in [-0.4, -0.2) is 27.5 Å². The van der Waals surface area contributed by atoms with Gasteiger partial charge in [-0.15, -0.1) is 0 Å². The van der Waals surface area contributed by atoms with Gasteiger partial charge in [0.05, 0.1) is 12.0 Å². The van der Waals surface area contributed by atoms with Gasteiger partial charge in [0.2, 0.25) is 17.6 Å². The van der Waals surface area contributed by atoms with Crippen LogP contribution < -0.4 is 0 Å². The molecule has 4 aliphatic rings. The van der Waals surface area contributed by atoms with E-state index in [0.29, 0.717) is 30.7 Å². The van der Waals surface area contributed by atoms with Crippen LogP contribution in [0.25, 0.3) is 11.4 Å². The number of nitrogens with zero attached hydrogens (tertiary/aromatic N) is 3. The summed E-state index contributed by atoms with van der Waals surface area (Å²) in [4.78, 5) is 20.0. The fourth-order valence-corrected chi connectivity index (χ4v) is 6.22. The Hall–Kier alpha value is -2.17. The molecule has 0 N–H and O–H groups in total. The van der Waals surface area contributed by atoms with Crippen LogP contribution in [0, 0.1) is 23.2 Å². The third kappa shape index (κ3) is 2.97. The van der Waals surface area contributed by atoms with E-state index < -0.39 is 0 Å². The predicted octanol–water partition coefficient (Wildman–Crippen LogP) is 4.30. The highest BCUT2D eigenvalue weighted by molar-refractivity contribution is 5.83. The lowest BCUT2D eigenvalue weighted by Gasteiger charge is -2.56. The molecular weight excluding hydrogens is 338 g/mol. The molecule has 4 fully saturated rings. The molecule has 5 heteroatoms. The summed E-state index contributed by atoms with van der Waals surface area (Å²) in [5.74, 6) is 3.74. The molecule has 1 amide bonds. The molecule has 142 valence electrons. The zero-order chi connectivity index (χ0) is 18.4. The summed E-state index contributed by atoms with van der Waals surface area (Å²) >= 11 is 0. The van der Waals surface area contributed by atoms with Gasteiger partial charge in [-0.2, -0.15) is 4.98 Å². The maximum absolute atomic E-state index is 13.5. The van der Waals surface area contributed by atoms with Gasteiger partial charge in [0.15, 0.2) is 0 Å². The summed E-state index contributed by atoms with van der Waals surface area (Å²) in [6.07, 6.45) is 7.32. The summed E-state index contributed by atoms with van der Waals surface area (Å²) in [6, 6.07) is 9.81. The second-order valence-electron chi connectivity index (χ2n) is 8.89. The Labute approximate surface area is 160 Å². The molecule has 4 bridgehead atoms. The largest absolute Gasteiger partial charge is 0.337 e. The van der Waals surface area contributed by atoms with E-state index in [2.05, 4.69) is 10.1 Å². The molecule has 1 heterocycles. The number of amides is 1. The third-order valence-electron chi connectivity index (χ3n) is 6.99. The number of carbonyl (C=O) groups is 1. The number of carbonyl (C=O) groups excluding carboxylic acids is 1. The van der Waals surface area contributed by atoms with Crippen molar-refractivity contribution in [2.75, 3.05) is 6.54 Å². The molecule has 0 saturated heterocycles. The van der Waals surface area contributed by atoms with E-state index in [9.17, 15) is 4.79 Å². The van der Waals surface area contributed by atoms with Crippen molar-refractivity contribution in [1.29, 1.82) is 0 Å². The standard InChI is InChI=1S/C22H27N3O2/c1-2-25(14-19-23-20(24-27-19)18-6-4-3-5-7-18)21(26)22-11-15-8-16(12-22)10-17(9-15)13-22/h3-7,15-17H,2,8-14H2,1H3. The minimum Gasteiger partial charge on any atom is -0.337 e. The quantitative estimate of drug-likeness (QED) is 0.792. The number of hydrogen-bond donors (Lipinski definition) is 0. The highest BCUT2D eigenvalue weighted by Crippen LogP contribution is 2.60. The van der Waals surface area contributed by atoms with E-state index in [-0.39, 0.29) is 5.41 Å². The molecule has 1 aromatic heterocycles. The first-order valence-corrected chi connectivity index (χ1v) is 10.3. The van der Waals surface area contributed by atoms with E-state index >= 15 is 0 Å². The first kappa shape index (κ1) is 17.0. The summed E-state index contributed by atoms with van der Waals surface area (Å²) < 4.78 is 5.47. The maximum atomic E-state index is 13.5. The molecule has 1 aromatic carbocycles. The SMILES string of the molecule is CCN(Cc1nc(-c2ccccc2)no1)C(=O)C12CC3CC(CC(C3)C1)C2. The Morgan fingerprint density at radius 1 is 1.11 bits per heavy atom. The molecule has 0 aliphatic heterocycles. The van der Waals surface area contributed by atoms with Gasteiger partial charge in [0.25, 0.3) is 0 Å². The molecule has 5 nitrogen and oxygen atoms in total. The van der Waals surface area contributed by atoms with Crippen LogP contribution in [0.4, 0.5) is 0 Å². The molecular formula is C22H27N3O2. The molecule has 0 spiro atoms. The second kappa shape index (κ2) is 6.47. The lowest BCUT2D eigenvalue weighted by Crippen LogP contribution is -2.54. The Balaban J connectivity index is 1.34. The van der Waals surface area contributed by atoms with Gasteiger partial charge in [-0.25, -0.2) is 0 Å². The molecule has 4 saturated carbocycles. The summed E-state index contributed by atoms with van der Waals surface area (Å²) in [5, 5.41) is 4.10. The lowest BCUT2D eigenvalue weighted by atomic mass is 9.49. The van der Waals surface area contributed by atoms with Gasteiger partial charge < -0.3 is 9.42 Å². The van der Waals surface area contributed by atoms with Gasteiger partial charge in [-0.1, -0.05) is 35.5 Å². The molecule has 4 aliphatic carbocycles. The Morgan fingerprint density at radius 2 is 1.74 bits per heavy atom. The minimum absolute atomic E-state index is 0.118. The topological polar surface area (TPSA) is 59.2 Å². The fraction of sp³-hybridized carbons (Fsp3) is 0.591. The second-order valence-corrected chi connectivity index (χ2v) is 8.89. The summed E-state index contributed by atoms with van der Waals surface area (Å²) in [5.41, 5.74) is 0.815. The third-order valence-corrected chi connectivity index (χ3v) is 6.99. The van der Waals surface area contributed by atoms with Crippen molar-refractivity contribution in [3.8, 4) is 11.4 Å². The van der Waals surface area contributed by atoms with E-state index in [1.165, 1.54) is 19.3 Å². The normalized spacial score (nSPS) is 31.2. The van der Waals surface area contributed by atoms with Crippen molar-refractivity contribution < 1.29 is 9.32 Å². The van der Waals surface area contributed by atoms with Crippen molar-refractivity contribution in [1.82, 2.24) is 15.0 Å². The Morgan fingerprint density at radius 3 is 2.33 bits per heavy atom. The van der Waals surface area contributed by atoms with Crippen LogP contribution in [0.15, 0.2) is 34.9 Å². The Bertz CT molecular complexity index is 794. The maximum Gasteiger partial charge on any atom is 0.246 e. The van der Waals surface area contributed by atoms with E-state index in [1.54, 1.807) is 0 Å². The monoisotopic (exact) mass is 365 g/mol. The summed E-state index contributed by atoms with van der Waals surface area (Å²) in [6.45, 7) is 3.15. The zero-order valence-corrected chi connectivity index (χ0v) is 15.9. The van der Waals surface area contributed by atoms with Crippen molar-refractivity contribution in [2.45, 2.75) is 52.0 Å². The van der Waals surface area contributed by atoms with E-state index in [0.717, 1.165) is 42.6 Å². The molecule has 27 heavy (non-hydrogen) atoms. The van der Waals surface area contributed by atoms with Crippen molar-refractivity contribution >= 4 is 5.91 Å². The smallest absolute Gasteiger partial charge is 0.246 e. The van der Waals surface area contributed by atoms with Crippen LogP contribution in [0.1, 0.15) is 51.3 Å². The Kier molecular flexibility index (Phi) is 4.06. The summed E-state index contributed by atoms with van der Waals surface area (Å²) in [7, 11) is 0. The highest BCUT2D eigenvalue weighted by atomic mass is 16.5. The number of benzene rings is 1. The minimum atomic E-state index is -0.118. The van der Waals surface area contributed by atoms with Crippen LogP contribution >= 0.6 is 0 Å². The van der Waals surface area contributed by atoms with Gasteiger partial charge in [0, 0.05) is 12.1 Å². The van der Waals surface area contributed by atoms with Gasteiger partial charge in [-0.3, -0.25) is 4.79 Å².